The molecule has 0 radical (unpaired) electrons. The molecule has 0 aromatic heterocycles. The molecule has 3 atom stereocenters. The van der Waals surface area contributed by atoms with Gasteiger partial charge in [0.05, 0.1) is 6.61 Å². The fraction of sp³-hybridized carbons (Fsp3) is 0.389. The second-order valence-corrected chi connectivity index (χ2v) is 5.91. The number of carbonyl (C=O) groups excluding carboxylic acids is 1. The molecule has 20 heavy (non-hydrogen) atoms. The lowest BCUT2D eigenvalue weighted by Crippen LogP contribution is -2.16. The molecule has 2 aliphatic carbocycles. The van der Waals surface area contributed by atoms with Crippen molar-refractivity contribution < 1.29 is 9.53 Å². The van der Waals surface area contributed by atoms with Gasteiger partial charge in [0.1, 0.15) is 0 Å². The predicted octanol–water partition coefficient (Wildman–Crippen LogP) is 3.76. The molecule has 3 unspecified atom stereocenters. The van der Waals surface area contributed by atoms with Crippen molar-refractivity contribution in [2.45, 2.75) is 19.8 Å². The summed E-state index contributed by atoms with van der Waals surface area (Å²) in [5.74, 6) is 1.65. The van der Waals surface area contributed by atoms with E-state index < -0.39 is 0 Å². The van der Waals surface area contributed by atoms with E-state index in [0.29, 0.717) is 18.4 Å². The molecule has 0 saturated heterocycles. The molecular formula is C18H20O2. The summed E-state index contributed by atoms with van der Waals surface area (Å²) in [6.07, 6.45) is 10.4. The average Bonchev–Trinajstić information content (AvgIpc) is 3.07. The molecule has 0 spiro atoms. The largest absolute Gasteiger partial charge is 0.462 e. The highest BCUT2D eigenvalue weighted by molar-refractivity contribution is 5.87. The summed E-state index contributed by atoms with van der Waals surface area (Å²) in [4.78, 5) is 11.7. The summed E-state index contributed by atoms with van der Waals surface area (Å²) in [5, 5.41) is 0. The summed E-state index contributed by atoms with van der Waals surface area (Å²) < 4.78 is 5.36. The third-order valence-electron chi connectivity index (χ3n) is 4.35. The van der Waals surface area contributed by atoms with Crippen molar-refractivity contribution in [2.75, 3.05) is 6.61 Å². The molecule has 2 nitrogen and oxygen atoms in total. The minimum Gasteiger partial charge on any atom is -0.462 e. The van der Waals surface area contributed by atoms with Crippen LogP contribution < -0.4 is 0 Å². The van der Waals surface area contributed by atoms with E-state index in [9.17, 15) is 4.79 Å². The zero-order valence-electron chi connectivity index (χ0n) is 11.8. The van der Waals surface area contributed by atoms with E-state index in [-0.39, 0.29) is 5.97 Å². The van der Waals surface area contributed by atoms with Crippen molar-refractivity contribution in [1.29, 1.82) is 0 Å². The van der Waals surface area contributed by atoms with Crippen LogP contribution in [0.3, 0.4) is 0 Å². The van der Waals surface area contributed by atoms with E-state index in [1.54, 1.807) is 0 Å². The number of esters is 1. The molecule has 0 heterocycles. The summed E-state index contributed by atoms with van der Waals surface area (Å²) in [7, 11) is 0. The van der Waals surface area contributed by atoms with Crippen molar-refractivity contribution in [2.24, 2.45) is 17.8 Å². The molecule has 1 aromatic carbocycles. The summed E-state index contributed by atoms with van der Waals surface area (Å²) in [6.45, 7) is 2.61. The number of rotatable bonds is 4. The van der Waals surface area contributed by atoms with Crippen LogP contribution in [0.15, 0.2) is 42.5 Å². The highest BCUT2D eigenvalue weighted by atomic mass is 16.5. The van der Waals surface area contributed by atoms with E-state index in [1.807, 2.05) is 37.3 Å². The second-order valence-electron chi connectivity index (χ2n) is 5.91. The molecule has 1 aromatic rings. The first-order chi connectivity index (χ1) is 9.70. The van der Waals surface area contributed by atoms with Crippen LogP contribution in [0, 0.1) is 24.7 Å². The topological polar surface area (TPSA) is 26.3 Å². The van der Waals surface area contributed by atoms with Crippen LogP contribution in [-0.4, -0.2) is 12.6 Å². The van der Waals surface area contributed by atoms with E-state index in [1.165, 1.54) is 24.5 Å². The second kappa shape index (κ2) is 5.66. The van der Waals surface area contributed by atoms with Crippen LogP contribution in [0.1, 0.15) is 24.0 Å². The molecule has 2 heteroatoms. The van der Waals surface area contributed by atoms with Crippen LogP contribution in [0.2, 0.25) is 0 Å². The van der Waals surface area contributed by atoms with Crippen LogP contribution in [-0.2, 0) is 9.53 Å². The van der Waals surface area contributed by atoms with Gasteiger partial charge in [-0.25, -0.2) is 4.79 Å². The Labute approximate surface area is 120 Å². The number of benzene rings is 1. The average molecular weight is 268 g/mol. The molecule has 3 rings (SSSR count). The van der Waals surface area contributed by atoms with Crippen LogP contribution in [0.25, 0.3) is 6.08 Å². The minimum atomic E-state index is -0.239. The smallest absolute Gasteiger partial charge is 0.330 e. The van der Waals surface area contributed by atoms with Crippen LogP contribution >= 0.6 is 0 Å². The van der Waals surface area contributed by atoms with Crippen LogP contribution in [0.5, 0.6) is 0 Å². The number of allylic oxidation sites excluding steroid dienone is 2. The molecule has 104 valence electrons. The predicted molar refractivity (Wildman–Crippen MR) is 80.0 cm³/mol. The number of carbonyl (C=O) groups is 1. The number of aryl methyl sites for hydroxylation is 1. The Hall–Kier alpha value is -1.83. The summed E-state index contributed by atoms with van der Waals surface area (Å²) in [5.41, 5.74) is 2.24. The van der Waals surface area contributed by atoms with Gasteiger partial charge in [0.25, 0.3) is 0 Å². The zero-order chi connectivity index (χ0) is 13.9. The van der Waals surface area contributed by atoms with E-state index in [4.69, 9.17) is 4.74 Å². The van der Waals surface area contributed by atoms with Crippen molar-refractivity contribution in [3.63, 3.8) is 0 Å². The number of hydrogen-bond acceptors (Lipinski definition) is 2. The highest BCUT2D eigenvalue weighted by Gasteiger charge is 2.35. The van der Waals surface area contributed by atoms with E-state index >= 15 is 0 Å². The Morgan fingerprint density at radius 2 is 2.05 bits per heavy atom. The highest BCUT2D eigenvalue weighted by Crippen LogP contribution is 2.43. The third-order valence-corrected chi connectivity index (χ3v) is 4.35. The quantitative estimate of drug-likeness (QED) is 0.472. The minimum absolute atomic E-state index is 0.239. The van der Waals surface area contributed by atoms with Gasteiger partial charge in [0.15, 0.2) is 0 Å². The van der Waals surface area contributed by atoms with Gasteiger partial charge >= 0.3 is 5.97 Å². The maximum Gasteiger partial charge on any atom is 0.330 e. The van der Waals surface area contributed by atoms with Crippen LogP contribution in [0.4, 0.5) is 0 Å². The Morgan fingerprint density at radius 3 is 2.70 bits per heavy atom. The van der Waals surface area contributed by atoms with Gasteiger partial charge in [-0.05, 0) is 49.2 Å². The molecule has 1 fully saturated rings. The van der Waals surface area contributed by atoms with Crippen molar-refractivity contribution in [3.05, 3.63) is 53.6 Å². The number of fused-ring (bicyclic) bond motifs is 2. The van der Waals surface area contributed by atoms with Crippen molar-refractivity contribution >= 4 is 12.0 Å². The SMILES string of the molecule is Cc1ccc(/C=C/C(=O)OCC2CC3C=CC2C3)cc1. The zero-order valence-corrected chi connectivity index (χ0v) is 11.8. The monoisotopic (exact) mass is 268 g/mol. The van der Waals surface area contributed by atoms with Gasteiger partial charge in [0.2, 0.25) is 0 Å². The van der Waals surface area contributed by atoms with Gasteiger partial charge in [-0.2, -0.15) is 0 Å². The first kappa shape index (κ1) is 13.2. The van der Waals surface area contributed by atoms with Crippen molar-refractivity contribution in [3.8, 4) is 0 Å². The van der Waals surface area contributed by atoms with Gasteiger partial charge in [-0.3, -0.25) is 0 Å². The normalized spacial score (nSPS) is 27.4. The number of ether oxygens (including phenoxy) is 1. The van der Waals surface area contributed by atoms with Crippen molar-refractivity contribution in [1.82, 2.24) is 0 Å². The number of hydrogen-bond donors (Lipinski definition) is 0. The fourth-order valence-corrected chi connectivity index (χ4v) is 3.17. The Bertz CT molecular complexity index is 539. The molecule has 0 N–H and O–H groups in total. The fourth-order valence-electron chi connectivity index (χ4n) is 3.17. The standard InChI is InChI=1S/C18H20O2/c1-13-2-4-14(5-3-13)7-9-18(19)20-12-17-11-15-6-8-16(17)10-15/h2-9,15-17H,10-12H2,1H3/b9-7+. The summed E-state index contributed by atoms with van der Waals surface area (Å²) >= 11 is 0. The summed E-state index contributed by atoms with van der Waals surface area (Å²) in [6, 6.07) is 8.07. The molecule has 0 amide bonds. The molecular weight excluding hydrogens is 248 g/mol. The van der Waals surface area contributed by atoms with Gasteiger partial charge in [0, 0.05) is 6.08 Å². The lowest BCUT2D eigenvalue weighted by Gasteiger charge is -2.17. The van der Waals surface area contributed by atoms with E-state index in [2.05, 4.69) is 12.2 Å². The van der Waals surface area contributed by atoms with E-state index in [0.717, 1.165) is 11.5 Å². The molecule has 2 aliphatic rings. The molecule has 1 saturated carbocycles. The van der Waals surface area contributed by atoms with Gasteiger partial charge < -0.3 is 4.74 Å². The lowest BCUT2D eigenvalue weighted by atomic mass is 9.95. The maximum atomic E-state index is 11.7. The Kier molecular flexibility index (Phi) is 3.72. The van der Waals surface area contributed by atoms with Gasteiger partial charge in [-0.15, -0.1) is 0 Å². The third kappa shape index (κ3) is 3.01. The molecule has 0 aliphatic heterocycles. The Morgan fingerprint density at radius 1 is 1.25 bits per heavy atom. The van der Waals surface area contributed by atoms with Gasteiger partial charge in [-0.1, -0.05) is 42.0 Å². The Balaban J connectivity index is 1.47. The first-order valence-electron chi connectivity index (χ1n) is 7.30. The first-order valence-corrected chi connectivity index (χ1v) is 7.30. The molecule has 2 bridgehead atoms. The maximum absolute atomic E-state index is 11.7. The lowest BCUT2D eigenvalue weighted by molar-refractivity contribution is -0.139.